The van der Waals surface area contributed by atoms with Crippen LogP contribution in [0.3, 0.4) is 0 Å². The Balaban J connectivity index is 1.62. The lowest BCUT2D eigenvalue weighted by Crippen LogP contribution is -2.54. The van der Waals surface area contributed by atoms with Crippen LogP contribution < -0.4 is 0 Å². The Bertz CT molecular complexity index is 751. The van der Waals surface area contributed by atoms with E-state index in [1.54, 1.807) is 0 Å². The van der Waals surface area contributed by atoms with Gasteiger partial charge in [0.2, 0.25) is 0 Å². The lowest BCUT2D eigenvalue weighted by molar-refractivity contribution is -0.0885. The Hall–Kier alpha value is -1.81. The van der Waals surface area contributed by atoms with Gasteiger partial charge < -0.3 is 14.6 Å². The molecule has 1 aliphatic heterocycles. The first-order valence-corrected chi connectivity index (χ1v) is 8.64. The van der Waals surface area contributed by atoms with E-state index in [9.17, 15) is 9.90 Å². The molecule has 2 heterocycles. The maximum atomic E-state index is 13.0. The zero-order valence-electron chi connectivity index (χ0n) is 13.7. The Morgan fingerprint density at radius 2 is 2.13 bits per heavy atom. The second-order valence-electron chi connectivity index (χ2n) is 7.21. The molecule has 1 N–H and O–H groups in total. The Labute approximate surface area is 136 Å². The molecule has 4 rings (SSSR count). The Morgan fingerprint density at radius 1 is 1.26 bits per heavy atom. The van der Waals surface area contributed by atoms with E-state index in [-0.39, 0.29) is 11.8 Å². The maximum absolute atomic E-state index is 13.0. The number of fused-ring (bicyclic) bond motifs is 2. The van der Waals surface area contributed by atoms with E-state index in [2.05, 4.69) is 0 Å². The SMILES string of the molecule is Cn1ccc2c(C(=O)N3CC[C@@]4(O)CCCC[C@@H]4C3)cccc21. The quantitative estimate of drug-likeness (QED) is 0.880. The zero-order chi connectivity index (χ0) is 16.0. The van der Waals surface area contributed by atoms with Gasteiger partial charge in [0.15, 0.2) is 0 Å². The highest BCUT2D eigenvalue weighted by Crippen LogP contribution is 2.40. The van der Waals surface area contributed by atoms with Gasteiger partial charge >= 0.3 is 0 Å². The summed E-state index contributed by atoms with van der Waals surface area (Å²) < 4.78 is 2.04. The molecule has 1 aromatic heterocycles. The van der Waals surface area contributed by atoms with Crippen LogP contribution in [0.4, 0.5) is 0 Å². The predicted molar refractivity (Wildman–Crippen MR) is 90.3 cm³/mol. The molecule has 122 valence electrons. The van der Waals surface area contributed by atoms with Gasteiger partial charge in [-0.25, -0.2) is 0 Å². The van der Waals surface area contributed by atoms with Gasteiger partial charge in [-0.1, -0.05) is 18.9 Å². The number of aryl methyl sites for hydroxylation is 1. The van der Waals surface area contributed by atoms with Gasteiger partial charge in [0.1, 0.15) is 0 Å². The number of hydrogen-bond donors (Lipinski definition) is 1. The number of hydrogen-bond acceptors (Lipinski definition) is 2. The summed E-state index contributed by atoms with van der Waals surface area (Å²) in [6.45, 7) is 1.35. The van der Waals surface area contributed by atoms with Crippen LogP contribution in [0.5, 0.6) is 0 Å². The topological polar surface area (TPSA) is 45.5 Å². The number of carbonyl (C=O) groups excluding carboxylic acids is 1. The van der Waals surface area contributed by atoms with Crippen LogP contribution in [-0.2, 0) is 7.05 Å². The largest absolute Gasteiger partial charge is 0.389 e. The molecule has 0 bridgehead atoms. The van der Waals surface area contributed by atoms with Crippen LogP contribution >= 0.6 is 0 Å². The summed E-state index contributed by atoms with van der Waals surface area (Å²) in [7, 11) is 2.00. The number of aromatic nitrogens is 1. The van der Waals surface area contributed by atoms with Crippen molar-refractivity contribution in [2.75, 3.05) is 13.1 Å². The summed E-state index contributed by atoms with van der Waals surface area (Å²) in [5.74, 6) is 0.346. The van der Waals surface area contributed by atoms with Crippen LogP contribution in [0, 0.1) is 5.92 Å². The fourth-order valence-corrected chi connectivity index (χ4v) is 4.41. The number of nitrogens with zero attached hydrogens (tertiary/aromatic N) is 2. The average Bonchev–Trinajstić information content (AvgIpc) is 2.95. The molecule has 2 aromatic rings. The average molecular weight is 312 g/mol. The molecule has 0 radical (unpaired) electrons. The molecular weight excluding hydrogens is 288 g/mol. The third-order valence-electron chi connectivity index (χ3n) is 5.87. The molecule has 2 atom stereocenters. The second-order valence-corrected chi connectivity index (χ2v) is 7.21. The van der Waals surface area contributed by atoms with Gasteiger partial charge in [0.05, 0.1) is 5.60 Å². The van der Waals surface area contributed by atoms with Crippen molar-refractivity contribution in [2.24, 2.45) is 13.0 Å². The molecule has 1 amide bonds. The van der Waals surface area contributed by atoms with E-state index < -0.39 is 5.60 Å². The minimum atomic E-state index is -0.534. The van der Waals surface area contributed by atoms with Crippen molar-refractivity contribution in [2.45, 2.75) is 37.7 Å². The number of piperidine rings is 1. The highest BCUT2D eigenvalue weighted by molar-refractivity contribution is 6.06. The summed E-state index contributed by atoms with van der Waals surface area (Å²) >= 11 is 0. The monoisotopic (exact) mass is 312 g/mol. The first kappa shape index (κ1) is 14.8. The van der Waals surface area contributed by atoms with Gasteiger partial charge in [-0.3, -0.25) is 4.79 Å². The second kappa shape index (κ2) is 5.38. The lowest BCUT2D eigenvalue weighted by Gasteiger charge is -2.47. The van der Waals surface area contributed by atoms with E-state index >= 15 is 0 Å². The van der Waals surface area contributed by atoms with E-state index in [0.717, 1.165) is 35.7 Å². The maximum Gasteiger partial charge on any atom is 0.254 e. The number of aliphatic hydroxyl groups is 1. The van der Waals surface area contributed by atoms with Gasteiger partial charge in [-0.15, -0.1) is 0 Å². The predicted octanol–water partition coefficient (Wildman–Crippen LogP) is 2.95. The third-order valence-corrected chi connectivity index (χ3v) is 5.87. The summed E-state index contributed by atoms with van der Waals surface area (Å²) in [5.41, 5.74) is 1.33. The van der Waals surface area contributed by atoms with Crippen LogP contribution in [0.2, 0.25) is 0 Å². The van der Waals surface area contributed by atoms with Crippen molar-refractivity contribution in [3.05, 3.63) is 36.0 Å². The van der Waals surface area contributed by atoms with Crippen molar-refractivity contribution in [3.8, 4) is 0 Å². The molecule has 1 saturated carbocycles. The molecule has 23 heavy (non-hydrogen) atoms. The van der Waals surface area contributed by atoms with Crippen molar-refractivity contribution in [3.63, 3.8) is 0 Å². The fourth-order valence-electron chi connectivity index (χ4n) is 4.41. The van der Waals surface area contributed by atoms with E-state index in [1.807, 2.05) is 47.0 Å². The molecule has 4 heteroatoms. The van der Waals surface area contributed by atoms with Gasteiger partial charge in [0, 0.05) is 48.7 Å². The fraction of sp³-hybridized carbons (Fsp3) is 0.526. The van der Waals surface area contributed by atoms with E-state index in [4.69, 9.17) is 0 Å². The van der Waals surface area contributed by atoms with Crippen LogP contribution in [0.1, 0.15) is 42.5 Å². The molecule has 4 nitrogen and oxygen atoms in total. The number of rotatable bonds is 1. The number of amides is 1. The number of carbonyl (C=O) groups is 1. The molecule has 0 unspecified atom stereocenters. The highest BCUT2D eigenvalue weighted by Gasteiger charge is 2.43. The first-order chi connectivity index (χ1) is 11.1. The van der Waals surface area contributed by atoms with Crippen LogP contribution in [-0.4, -0.2) is 39.2 Å². The highest BCUT2D eigenvalue weighted by atomic mass is 16.3. The third kappa shape index (κ3) is 2.36. The number of benzene rings is 1. The Morgan fingerprint density at radius 3 is 3.00 bits per heavy atom. The summed E-state index contributed by atoms with van der Waals surface area (Å²) in [4.78, 5) is 15.0. The molecule has 1 aliphatic carbocycles. The van der Waals surface area contributed by atoms with Gasteiger partial charge in [0.25, 0.3) is 5.91 Å². The minimum absolute atomic E-state index is 0.106. The van der Waals surface area contributed by atoms with E-state index in [1.165, 1.54) is 6.42 Å². The number of likely N-dealkylation sites (tertiary alicyclic amines) is 1. The zero-order valence-corrected chi connectivity index (χ0v) is 13.7. The van der Waals surface area contributed by atoms with Crippen LogP contribution in [0.15, 0.2) is 30.5 Å². The first-order valence-electron chi connectivity index (χ1n) is 8.64. The molecule has 1 saturated heterocycles. The molecule has 2 aliphatic rings. The minimum Gasteiger partial charge on any atom is -0.389 e. The lowest BCUT2D eigenvalue weighted by atomic mass is 9.71. The smallest absolute Gasteiger partial charge is 0.254 e. The Kier molecular flexibility index (Phi) is 3.45. The van der Waals surface area contributed by atoms with Crippen LogP contribution in [0.25, 0.3) is 10.9 Å². The van der Waals surface area contributed by atoms with Crippen molar-refractivity contribution < 1.29 is 9.90 Å². The molecule has 1 aromatic carbocycles. The summed E-state index contributed by atoms with van der Waals surface area (Å²) in [5, 5.41) is 11.8. The molecule has 0 spiro atoms. The summed E-state index contributed by atoms with van der Waals surface area (Å²) in [6, 6.07) is 7.94. The molecular formula is C19H24N2O2. The van der Waals surface area contributed by atoms with Crippen molar-refractivity contribution >= 4 is 16.8 Å². The van der Waals surface area contributed by atoms with E-state index in [0.29, 0.717) is 19.5 Å². The molecule has 2 fully saturated rings. The van der Waals surface area contributed by atoms with Crippen molar-refractivity contribution in [1.82, 2.24) is 9.47 Å². The normalized spacial score (nSPS) is 27.9. The van der Waals surface area contributed by atoms with Crippen molar-refractivity contribution in [1.29, 1.82) is 0 Å². The standard InChI is InChI=1S/C19H24N2O2/c1-20-11-8-15-16(6-4-7-17(15)20)18(22)21-12-10-19(23)9-3-2-5-14(19)13-21/h4,6-8,11,14,23H,2-3,5,9-10,12-13H2,1H3/t14-,19+/m1/s1. The van der Waals surface area contributed by atoms with Gasteiger partial charge in [-0.05, 0) is 37.5 Å². The van der Waals surface area contributed by atoms with Gasteiger partial charge in [-0.2, -0.15) is 0 Å². The summed E-state index contributed by atoms with van der Waals surface area (Å²) in [6.07, 6.45) is 6.93.